The molecule has 2 amide bonds. The lowest BCUT2D eigenvalue weighted by atomic mass is 10.1. The first-order valence-electron chi connectivity index (χ1n) is 10.1. The van der Waals surface area contributed by atoms with Crippen LogP contribution in [0, 0.1) is 11.6 Å². The Morgan fingerprint density at radius 1 is 1.12 bits per heavy atom. The molecule has 1 atom stereocenters. The Morgan fingerprint density at radius 2 is 1.82 bits per heavy atom. The summed E-state index contributed by atoms with van der Waals surface area (Å²) in [7, 11) is -2.32. The SMILES string of the molecule is CNC(=O)C(C)N(Cc1cccc(Br)c1)C(=O)CCCN(c1ccc(F)c(F)c1)S(C)(=O)=O. The van der Waals surface area contributed by atoms with Crippen molar-refractivity contribution in [3.8, 4) is 0 Å². The van der Waals surface area contributed by atoms with Gasteiger partial charge in [0.2, 0.25) is 21.8 Å². The van der Waals surface area contributed by atoms with Gasteiger partial charge in [-0.05, 0) is 43.2 Å². The maximum absolute atomic E-state index is 13.6. The lowest BCUT2D eigenvalue weighted by molar-refractivity contribution is -0.140. The van der Waals surface area contributed by atoms with Crippen molar-refractivity contribution in [1.82, 2.24) is 10.2 Å². The van der Waals surface area contributed by atoms with Gasteiger partial charge >= 0.3 is 0 Å². The predicted molar refractivity (Wildman–Crippen MR) is 126 cm³/mol. The quantitative estimate of drug-likeness (QED) is 0.495. The van der Waals surface area contributed by atoms with Gasteiger partial charge in [-0.25, -0.2) is 17.2 Å². The van der Waals surface area contributed by atoms with Crippen LogP contribution in [0.15, 0.2) is 46.9 Å². The highest BCUT2D eigenvalue weighted by atomic mass is 79.9. The molecule has 180 valence electrons. The highest BCUT2D eigenvalue weighted by Crippen LogP contribution is 2.22. The van der Waals surface area contributed by atoms with Gasteiger partial charge in [0.25, 0.3) is 0 Å². The molecule has 0 fully saturated rings. The maximum atomic E-state index is 13.6. The molecule has 1 N–H and O–H groups in total. The van der Waals surface area contributed by atoms with Gasteiger partial charge in [-0.3, -0.25) is 13.9 Å². The summed E-state index contributed by atoms with van der Waals surface area (Å²) in [6, 6.07) is 9.38. The Bertz CT molecular complexity index is 1110. The van der Waals surface area contributed by atoms with E-state index in [1.807, 2.05) is 24.3 Å². The van der Waals surface area contributed by atoms with E-state index in [1.165, 1.54) is 11.9 Å². The number of benzene rings is 2. The summed E-state index contributed by atoms with van der Waals surface area (Å²) in [5.74, 6) is -2.94. The first-order chi connectivity index (χ1) is 15.4. The molecule has 0 heterocycles. The molecule has 0 radical (unpaired) electrons. The van der Waals surface area contributed by atoms with Gasteiger partial charge in [-0.15, -0.1) is 0 Å². The standard InChI is InChI=1S/C22H26BrF2N3O4S/c1-15(22(30)26-2)27(14-16-6-4-7-17(23)12-16)21(29)8-5-11-28(33(3,31)32)18-9-10-19(24)20(25)13-18/h4,6-7,9-10,12-13,15H,5,8,11,14H2,1-3H3,(H,26,30). The fraction of sp³-hybridized carbons (Fsp3) is 0.364. The van der Waals surface area contributed by atoms with E-state index in [0.717, 1.165) is 38.8 Å². The van der Waals surface area contributed by atoms with Crippen molar-refractivity contribution in [2.75, 3.05) is 24.2 Å². The molecule has 0 aromatic heterocycles. The Labute approximate surface area is 200 Å². The van der Waals surface area contributed by atoms with Crippen LogP contribution in [-0.2, 0) is 26.2 Å². The second kappa shape index (κ2) is 11.6. The van der Waals surface area contributed by atoms with Crippen molar-refractivity contribution >= 4 is 43.5 Å². The number of carbonyl (C=O) groups is 2. The average molecular weight is 546 g/mol. The third kappa shape index (κ3) is 7.50. The molecule has 0 aliphatic heterocycles. The summed E-state index contributed by atoms with van der Waals surface area (Å²) in [6.07, 6.45) is 1.01. The number of amides is 2. The Kier molecular flexibility index (Phi) is 9.35. The highest BCUT2D eigenvalue weighted by Gasteiger charge is 2.26. The lowest BCUT2D eigenvalue weighted by Gasteiger charge is -2.29. The van der Waals surface area contributed by atoms with Crippen LogP contribution >= 0.6 is 15.9 Å². The van der Waals surface area contributed by atoms with E-state index in [0.29, 0.717) is 0 Å². The van der Waals surface area contributed by atoms with Crippen molar-refractivity contribution in [3.63, 3.8) is 0 Å². The van der Waals surface area contributed by atoms with E-state index >= 15 is 0 Å². The van der Waals surface area contributed by atoms with Crippen LogP contribution < -0.4 is 9.62 Å². The van der Waals surface area contributed by atoms with Crippen LogP contribution in [-0.4, -0.2) is 51.0 Å². The number of halogens is 3. The summed E-state index contributed by atoms with van der Waals surface area (Å²) in [5, 5.41) is 2.53. The van der Waals surface area contributed by atoms with E-state index in [-0.39, 0.29) is 43.4 Å². The second-order valence-corrected chi connectivity index (χ2v) is 10.3. The molecule has 33 heavy (non-hydrogen) atoms. The van der Waals surface area contributed by atoms with E-state index in [1.54, 1.807) is 6.92 Å². The number of likely N-dealkylation sites (N-methyl/N-ethyl adjacent to an activating group) is 1. The van der Waals surface area contributed by atoms with Gasteiger partial charge < -0.3 is 10.2 Å². The minimum Gasteiger partial charge on any atom is -0.357 e. The van der Waals surface area contributed by atoms with Crippen molar-refractivity contribution < 1.29 is 26.8 Å². The number of anilines is 1. The average Bonchev–Trinajstić information content (AvgIpc) is 2.75. The Hall–Kier alpha value is -2.53. The molecule has 2 aromatic rings. The zero-order valence-electron chi connectivity index (χ0n) is 18.5. The lowest BCUT2D eigenvalue weighted by Crippen LogP contribution is -2.46. The third-order valence-electron chi connectivity index (χ3n) is 5.00. The van der Waals surface area contributed by atoms with Crippen LogP contribution in [0.4, 0.5) is 14.5 Å². The summed E-state index contributed by atoms with van der Waals surface area (Å²) in [5.41, 5.74) is 0.779. The first-order valence-corrected chi connectivity index (χ1v) is 12.8. The molecule has 0 saturated carbocycles. The summed E-state index contributed by atoms with van der Waals surface area (Å²) >= 11 is 3.38. The number of hydrogen-bond acceptors (Lipinski definition) is 4. The van der Waals surface area contributed by atoms with Crippen molar-refractivity contribution in [3.05, 3.63) is 64.1 Å². The van der Waals surface area contributed by atoms with Gasteiger partial charge in [-0.2, -0.15) is 0 Å². The number of hydrogen-bond donors (Lipinski definition) is 1. The van der Waals surface area contributed by atoms with Gasteiger partial charge in [0.15, 0.2) is 11.6 Å². The van der Waals surface area contributed by atoms with Crippen LogP contribution in [0.1, 0.15) is 25.3 Å². The Balaban J connectivity index is 2.16. The molecule has 11 heteroatoms. The summed E-state index contributed by atoms with van der Waals surface area (Å²) < 4.78 is 53.0. The first kappa shape index (κ1) is 26.7. The smallest absolute Gasteiger partial charge is 0.242 e. The molecular formula is C22H26BrF2N3O4S. The highest BCUT2D eigenvalue weighted by molar-refractivity contribution is 9.10. The fourth-order valence-electron chi connectivity index (χ4n) is 3.27. The van der Waals surface area contributed by atoms with Crippen LogP contribution in [0.25, 0.3) is 0 Å². The minimum absolute atomic E-state index is 0.0337. The van der Waals surface area contributed by atoms with Gasteiger partial charge in [-0.1, -0.05) is 28.1 Å². The molecular weight excluding hydrogens is 520 g/mol. The summed E-state index contributed by atoms with van der Waals surface area (Å²) in [6.45, 7) is 1.68. The third-order valence-corrected chi connectivity index (χ3v) is 6.69. The molecule has 0 aliphatic carbocycles. The largest absolute Gasteiger partial charge is 0.357 e. The molecule has 0 bridgehead atoms. The van der Waals surface area contributed by atoms with Gasteiger partial charge in [0.05, 0.1) is 11.9 Å². The Morgan fingerprint density at radius 3 is 2.39 bits per heavy atom. The van der Waals surface area contributed by atoms with E-state index in [2.05, 4.69) is 21.2 Å². The van der Waals surface area contributed by atoms with Crippen LogP contribution in [0.2, 0.25) is 0 Å². The number of nitrogens with zero attached hydrogens (tertiary/aromatic N) is 2. The molecule has 0 aliphatic rings. The van der Waals surface area contributed by atoms with E-state index < -0.39 is 27.7 Å². The van der Waals surface area contributed by atoms with Crippen molar-refractivity contribution in [2.24, 2.45) is 0 Å². The molecule has 7 nitrogen and oxygen atoms in total. The number of sulfonamides is 1. The molecule has 2 aromatic carbocycles. The molecule has 0 spiro atoms. The molecule has 1 unspecified atom stereocenters. The van der Waals surface area contributed by atoms with Crippen molar-refractivity contribution in [1.29, 1.82) is 0 Å². The maximum Gasteiger partial charge on any atom is 0.242 e. The number of carbonyl (C=O) groups excluding carboxylic acids is 2. The second-order valence-electron chi connectivity index (χ2n) is 7.48. The zero-order valence-corrected chi connectivity index (χ0v) is 20.9. The summed E-state index contributed by atoms with van der Waals surface area (Å²) in [4.78, 5) is 26.6. The van der Waals surface area contributed by atoms with Gasteiger partial charge in [0, 0.05) is 37.1 Å². The van der Waals surface area contributed by atoms with E-state index in [4.69, 9.17) is 0 Å². The molecule has 0 saturated heterocycles. The normalized spacial score (nSPS) is 12.2. The number of nitrogens with one attached hydrogen (secondary N) is 1. The van der Waals surface area contributed by atoms with Crippen molar-refractivity contribution in [2.45, 2.75) is 32.4 Å². The topological polar surface area (TPSA) is 86.8 Å². The van der Waals surface area contributed by atoms with Gasteiger partial charge in [0.1, 0.15) is 6.04 Å². The monoisotopic (exact) mass is 545 g/mol. The number of rotatable bonds is 10. The minimum atomic E-state index is -3.80. The predicted octanol–water partition coefficient (Wildman–Crippen LogP) is 3.44. The van der Waals surface area contributed by atoms with E-state index in [9.17, 15) is 26.8 Å². The van der Waals surface area contributed by atoms with Crippen LogP contribution in [0.3, 0.4) is 0 Å². The molecule has 2 rings (SSSR count). The fourth-order valence-corrected chi connectivity index (χ4v) is 4.67. The van der Waals surface area contributed by atoms with Crippen LogP contribution in [0.5, 0.6) is 0 Å². The zero-order chi connectivity index (χ0) is 24.8.